The average Bonchev–Trinajstić information content (AvgIpc) is 3.54. The quantitative estimate of drug-likeness (QED) is 0.265. The Hall–Kier alpha value is -3.53. The molecule has 0 saturated heterocycles. The normalized spacial score (nSPS) is 19.3. The van der Waals surface area contributed by atoms with Gasteiger partial charge in [0.15, 0.2) is 16.7 Å². The molecule has 0 saturated carbocycles. The third-order valence-corrected chi connectivity index (χ3v) is 13.3. The zero-order valence-corrected chi connectivity index (χ0v) is 24.4. The molecule has 0 bridgehead atoms. The van der Waals surface area contributed by atoms with E-state index in [9.17, 15) is 9.90 Å². The molecule has 9 heteroatoms. The number of hydrogen-bond acceptors (Lipinski definition) is 7. The highest BCUT2D eigenvalue weighted by atomic mass is 32.2. The van der Waals surface area contributed by atoms with Crippen LogP contribution in [0.1, 0.15) is 20.8 Å². The van der Waals surface area contributed by atoms with Crippen LogP contribution in [0, 0.1) is 0 Å². The fourth-order valence-corrected chi connectivity index (χ4v) is 10.8. The number of imidazole rings is 1. The smallest absolute Gasteiger partial charge is 0.324 e. The van der Waals surface area contributed by atoms with Gasteiger partial charge in [0.2, 0.25) is 0 Å². The highest BCUT2D eigenvalue weighted by molar-refractivity contribution is 8.03. The first-order valence-corrected chi connectivity index (χ1v) is 15.5. The molecule has 2 unspecified atom stereocenters. The van der Waals surface area contributed by atoms with Crippen molar-refractivity contribution in [1.82, 2.24) is 9.55 Å². The molecule has 0 amide bonds. The lowest BCUT2D eigenvalue weighted by Gasteiger charge is -2.43. The average molecular weight is 561 g/mol. The van der Waals surface area contributed by atoms with Crippen LogP contribution in [0.4, 0.5) is 0 Å². The van der Waals surface area contributed by atoms with Crippen molar-refractivity contribution in [3.8, 4) is 11.5 Å². The molecule has 3 aromatic carbocycles. The lowest BCUT2D eigenvalue weighted by molar-refractivity contribution is -0.146. The number of carbonyl (C=O) groups is 1. The van der Waals surface area contributed by atoms with Crippen LogP contribution in [0.2, 0.25) is 5.04 Å². The van der Waals surface area contributed by atoms with E-state index in [1.54, 1.807) is 29.2 Å². The number of hydrogen-bond donors (Lipinski definition) is 1. The number of carbonyl (C=O) groups excluding carboxylic acids is 1. The fourth-order valence-electron chi connectivity index (χ4n) is 5.30. The minimum absolute atomic E-state index is 0.269. The molecular weight excluding hydrogens is 528 g/mol. The van der Waals surface area contributed by atoms with Crippen molar-refractivity contribution in [1.29, 1.82) is 0 Å². The Labute approximate surface area is 233 Å². The number of ether oxygens (including phenoxy) is 2. The van der Waals surface area contributed by atoms with Gasteiger partial charge in [0.05, 0.1) is 31.6 Å². The summed E-state index contributed by atoms with van der Waals surface area (Å²) in [5, 5.41) is 14.5. The maximum Gasteiger partial charge on any atom is 0.324 e. The van der Waals surface area contributed by atoms with Crippen LogP contribution < -0.4 is 19.5 Å². The van der Waals surface area contributed by atoms with Crippen LogP contribution >= 0.6 is 11.8 Å². The molecule has 2 heterocycles. The first kappa shape index (κ1) is 27.0. The second kappa shape index (κ2) is 10.2. The van der Waals surface area contributed by atoms with Crippen LogP contribution in [0.15, 0.2) is 90.6 Å². The summed E-state index contributed by atoms with van der Waals surface area (Å²) in [5.74, 6) is 0.550. The Morgan fingerprint density at radius 2 is 1.62 bits per heavy atom. The van der Waals surface area contributed by atoms with E-state index in [1.807, 2.05) is 42.5 Å². The fraction of sp³-hybridized carbons (Fsp3) is 0.267. The number of nitrogens with zero attached hydrogens (tertiary/aromatic N) is 2. The second-order valence-electron chi connectivity index (χ2n) is 10.5. The summed E-state index contributed by atoms with van der Waals surface area (Å²) in [5.41, 5.74) is -0.452. The van der Waals surface area contributed by atoms with Gasteiger partial charge in [0.25, 0.3) is 0 Å². The predicted molar refractivity (Wildman–Crippen MR) is 157 cm³/mol. The third kappa shape index (κ3) is 4.44. The van der Waals surface area contributed by atoms with Gasteiger partial charge in [0, 0.05) is 12.1 Å². The summed E-state index contributed by atoms with van der Waals surface area (Å²) in [4.78, 5) is 17.0. The van der Waals surface area contributed by atoms with Crippen molar-refractivity contribution in [2.45, 2.75) is 36.8 Å². The van der Waals surface area contributed by atoms with E-state index >= 15 is 0 Å². The van der Waals surface area contributed by atoms with E-state index < -0.39 is 25.3 Å². The molecule has 7 nitrogen and oxygen atoms in total. The monoisotopic (exact) mass is 560 g/mol. The molecule has 5 rings (SSSR count). The molecule has 0 fully saturated rings. The van der Waals surface area contributed by atoms with E-state index in [0.717, 1.165) is 10.4 Å². The number of aromatic nitrogens is 2. The first-order valence-electron chi connectivity index (χ1n) is 12.6. The number of rotatable bonds is 7. The largest absolute Gasteiger partial charge is 0.531 e. The maximum absolute atomic E-state index is 12.5. The molecule has 1 aliphatic heterocycles. The molecule has 1 N–H and O–H groups in total. The van der Waals surface area contributed by atoms with Crippen LogP contribution in [-0.4, -0.2) is 48.4 Å². The second-order valence-corrected chi connectivity index (χ2v) is 15.7. The predicted octanol–water partition coefficient (Wildman–Crippen LogP) is 4.43. The topological polar surface area (TPSA) is 82.8 Å². The van der Waals surface area contributed by atoms with Gasteiger partial charge >= 0.3 is 14.3 Å². The van der Waals surface area contributed by atoms with E-state index in [2.05, 4.69) is 50.0 Å². The SMILES string of the molecule is COC(=O)C1SC=CC1(O)n1cnc2cc(OC)c(O[Si](c3ccccc3)(c3ccccc3)C(C)(C)C)cc21. The van der Waals surface area contributed by atoms with Crippen molar-refractivity contribution in [3.63, 3.8) is 0 Å². The standard InChI is InChI=1S/C30H32N2O5SSi/c1-29(2,3)39(21-12-8-6-9-13-21,22-14-10-7-11-15-22)37-26-19-24-23(18-25(26)35-4)31-20-32(24)30(34)16-17-38-27(30)28(33)36-5/h6-20,27,34H,1-5H3. The van der Waals surface area contributed by atoms with Gasteiger partial charge in [-0.25, -0.2) is 4.98 Å². The van der Waals surface area contributed by atoms with E-state index in [4.69, 9.17) is 13.9 Å². The molecular formula is C30H32N2O5SSi. The first-order chi connectivity index (χ1) is 18.7. The van der Waals surface area contributed by atoms with Gasteiger partial charge in [0.1, 0.15) is 5.75 Å². The van der Waals surface area contributed by atoms with Gasteiger partial charge < -0.3 is 19.0 Å². The van der Waals surface area contributed by atoms with Crippen LogP contribution in [-0.2, 0) is 15.3 Å². The minimum Gasteiger partial charge on any atom is -0.531 e. The number of benzene rings is 3. The number of aliphatic hydroxyl groups is 1. The van der Waals surface area contributed by atoms with Crippen LogP contribution in [0.5, 0.6) is 11.5 Å². The van der Waals surface area contributed by atoms with Crippen molar-refractivity contribution in [3.05, 3.63) is 90.6 Å². The lowest BCUT2D eigenvalue weighted by atomic mass is 10.1. The molecule has 202 valence electrons. The van der Waals surface area contributed by atoms with Crippen molar-refractivity contribution < 1.29 is 23.8 Å². The van der Waals surface area contributed by atoms with Crippen LogP contribution in [0.3, 0.4) is 0 Å². The molecule has 0 radical (unpaired) electrons. The summed E-state index contributed by atoms with van der Waals surface area (Å²) in [6.07, 6.45) is 3.12. The third-order valence-electron chi connectivity index (χ3n) is 7.23. The Balaban J connectivity index is 1.73. The van der Waals surface area contributed by atoms with Gasteiger partial charge in [-0.3, -0.25) is 9.36 Å². The highest BCUT2D eigenvalue weighted by Gasteiger charge is 2.53. The summed E-state index contributed by atoms with van der Waals surface area (Å²) in [6.45, 7) is 6.62. The molecule has 1 aliphatic rings. The Kier molecular flexibility index (Phi) is 7.09. The van der Waals surface area contributed by atoms with Gasteiger partial charge in [-0.05, 0) is 26.9 Å². The Bertz CT molecular complexity index is 1480. The van der Waals surface area contributed by atoms with Crippen molar-refractivity contribution in [2.24, 2.45) is 0 Å². The molecule has 4 aromatic rings. The van der Waals surface area contributed by atoms with Crippen molar-refractivity contribution in [2.75, 3.05) is 14.2 Å². The molecule has 0 spiro atoms. The summed E-state index contributed by atoms with van der Waals surface area (Å²) < 4.78 is 19.6. The van der Waals surface area contributed by atoms with Gasteiger partial charge in [-0.2, -0.15) is 0 Å². The molecule has 0 aliphatic carbocycles. The van der Waals surface area contributed by atoms with Crippen molar-refractivity contribution >= 4 is 47.5 Å². The minimum atomic E-state index is -2.97. The molecule has 2 atom stereocenters. The number of esters is 1. The maximum atomic E-state index is 12.5. The van der Waals surface area contributed by atoms with Gasteiger partial charge in [-0.1, -0.05) is 81.4 Å². The summed E-state index contributed by atoms with van der Waals surface area (Å²) in [7, 11) is -0.0553. The van der Waals surface area contributed by atoms with E-state index in [0.29, 0.717) is 22.5 Å². The zero-order valence-electron chi connectivity index (χ0n) is 22.6. The Morgan fingerprint density at radius 3 is 2.15 bits per heavy atom. The van der Waals surface area contributed by atoms with E-state index in [-0.39, 0.29) is 5.04 Å². The lowest BCUT2D eigenvalue weighted by Crippen LogP contribution is -2.68. The summed E-state index contributed by atoms with van der Waals surface area (Å²) in [6, 6.07) is 24.3. The zero-order chi connectivity index (χ0) is 27.8. The van der Waals surface area contributed by atoms with E-state index in [1.165, 1.54) is 25.2 Å². The van der Waals surface area contributed by atoms with Gasteiger partial charge in [-0.15, -0.1) is 11.8 Å². The Morgan fingerprint density at radius 1 is 1.00 bits per heavy atom. The number of methoxy groups -OCH3 is 2. The van der Waals surface area contributed by atoms with Crippen LogP contribution in [0.25, 0.3) is 11.0 Å². The number of thioether (sulfide) groups is 1. The molecule has 1 aromatic heterocycles. The number of fused-ring (bicyclic) bond motifs is 1. The highest BCUT2D eigenvalue weighted by Crippen LogP contribution is 2.44. The summed E-state index contributed by atoms with van der Waals surface area (Å²) >= 11 is 1.21. The molecule has 39 heavy (non-hydrogen) atoms.